The SMILES string of the molecule is CCl.CCl.CCl.CCl.[Cu+2].c1ccc2c(c1)-c1nc-2nc2[n-]c(nc3nc(nc4[n-]c(n1)c1ccccc41)-c1ccccc1-3)c1ccccc21. The quantitative estimate of drug-likeness (QED) is 0.111. The molecule has 0 saturated heterocycles. The van der Waals surface area contributed by atoms with E-state index in [0.29, 0.717) is 45.9 Å². The first-order valence-electron chi connectivity index (χ1n) is 14.4. The fourth-order valence-electron chi connectivity index (χ4n) is 5.46. The van der Waals surface area contributed by atoms with E-state index in [1.807, 2.05) is 97.1 Å². The molecule has 0 amide bonds. The molecule has 13 heteroatoms. The van der Waals surface area contributed by atoms with E-state index < -0.39 is 0 Å². The number of hydrogen-bond acceptors (Lipinski definition) is 6. The van der Waals surface area contributed by atoms with Gasteiger partial charge in [0.15, 0.2) is 0 Å². The van der Waals surface area contributed by atoms with Gasteiger partial charge in [-0.3, -0.25) is 0 Å². The second-order valence-electron chi connectivity index (χ2n) is 9.67. The zero-order valence-corrected chi connectivity index (χ0v) is 30.6. The molecule has 0 spiro atoms. The molecule has 1 radical (unpaired) electrons. The zero-order chi connectivity index (χ0) is 34.2. The van der Waals surface area contributed by atoms with Crippen molar-refractivity contribution in [3.05, 3.63) is 97.1 Å². The summed E-state index contributed by atoms with van der Waals surface area (Å²) in [6, 6.07) is 31.8. The Hall–Kier alpha value is -4.08. The van der Waals surface area contributed by atoms with Crippen LogP contribution < -0.4 is 9.97 Å². The van der Waals surface area contributed by atoms with Crippen LogP contribution in [0.25, 0.3) is 89.7 Å². The van der Waals surface area contributed by atoms with E-state index in [0.717, 1.165) is 43.8 Å². The molecule has 49 heavy (non-hydrogen) atoms. The van der Waals surface area contributed by atoms with Gasteiger partial charge in [-0.05, 0) is 21.5 Å². The van der Waals surface area contributed by atoms with E-state index in [1.165, 1.54) is 25.5 Å². The number of nitrogens with zero attached hydrogens (tertiary/aromatic N) is 8. The summed E-state index contributed by atoms with van der Waals surface area (Å²) in [7, 11) is 0. The van der Waals surface area contributed by atoms with Crippen molar-refractivity contribution in [1.82, 2.24) is 39.9 Å². The Morgan fingerprint density at radius 2 is 0.531 bits per heavy atom. The molecule has 0 unspecified atom stereocenters. The van der Waals surface area contributed by atoms with Gasteiger partial charge >= 0.3 is 17.1 Å². The Labute approximate surface area is 313 Å². The van der Waals surface area contributed by atoms with Crippen LogP contribution in [0.4, 0.5) is 0 Å². The predicted octanol–water partition coefficient (Wildman–Crippen LogP) is 9.54. The summed E-state index contributed by atoms with van der Waals surface area (Å²) >= 11 is 18.6. The normalized spacial score (nSPS) is 10.3. The van der Waals surface area contributed by atoms with Crippen molar-refractivity contribution in [3.8, 4) is 45.6 Å². The summed E-state index contributed by atoms with van der Waals surface area (Å²) in [6.07, 6.45) is 5.89. The molecule has 8 nitrogen and oxygen atoms in total. The molecule has 3 aromatic heterocycles. The Morgan fingerprint density at radius 3 is 0.755 bits per heavy atom. The molecule has 8 bridgehead atoms. The van der Waals surface area contributed by atoms with E-state index >= 15 is 0 Å². The van der Waals surface area contributed by atoms with E-state index in [4.69, 9.17) is 39.9 Å². The molecule has 2 aliphatic heterocycles. The minimum Gasteiger partial charge on any atom is -0.357 e. The third kappa shape index (κ3) is 7.15. The number of hydrogen-bond donors (Lipinski definition) is 0. The van der Waals surface area contributed by atoms with Gasteiger partial charge in [0.2, 0.25) is 0 Å². The summed E-state index contributed by atoms with van der Waals surface area (Å²) in [6.45, 7) is 0. The summed E-state index contributed by atoms with van der Waals surface area (Å²) in [5.74, 6) is 2.21. The van der Waals surface area contributed by atoms with Crippen LogP contribution >= 0.6 is 46.4 Å². The van der Waals surface area contributed by atoms with Crippen LogP contribution in [0.1, 0.15) is 0 Å². The van der Waals surface area contributed by atoms with E-state index in [2.05, 4.69) is 46.4 Å². The summed E-state index contributed by atoms with van der Waals surface area (Å²) in [5, 5.41) is 3.57. The Kier molecular flexibility index (Phi) is 13.5. The maximum Gasteiger partial charge on any atom is 2.00 e. The van der Waals surface area contributed by atoms with Crippen molar-refractivity contribution in [2.24, 2.45) is 0 Å². The van der Waals surface area contributed by atoms with Crippen molar-refractivity contribution < 1.29 is 17.1 Å². The largest absolute Gasteiger partial charge is 2.00 e. The van der Waals surface area contributed by atoms with Crippen LogP contribution in [-0.2, 0) is 17.1 Å². The van der Waals surface area contributed by atoms with Gasteiger partial charge in [-0.25, -0.2) is 9.97 Å². The second-order valence-corrected chi connectivity index (χ2v) is 9.67. The summed E-state index contributed by atoms with van der Waals surface area (Å²) < 4.78 is 0. The first kappa shape index (κ1) is 37.7. The molecular weight excluding hydrogens is 750 g/mol. The Balaban J connectivity index is 0.000000564. The average molecular weight is 778 g/mol. The molecule has 0 atom stereocenters. The minimum atomic E-state index is 0. The zero-order valence-electron chi connectivity index (χ0n) is 26.6. The number of halogens is 4. The standard InChI is InChI=1S/C32H16N8.4CH3Cl.Cu/c1-2-10-18-17(9-1)25-33-26(18)38-28-21-13-5-6-14-22(21)30(35-28)40-32-24-16-8-7-15-23(24)31(36-32)39-29-20-12-4-3-11-19(20)27(34-29)37-25;4*1-2;/h1-16H;4*1H3;/q-2;;;;;+2. The van der Waals surface area contributed by atoms with Gasteiger partial charge < -0.3 is 29.9 Å². The number of aromatic nitrogens is 8. The second kappa shape index (κ2) is 17.5. The molecule has 9 rings (SSSR count). The van der Waals surface area contributed by atoms with Crippen molar-refractivity contribution in [1.29, 1.82) is 0 Å². The molecule has 5 heterocycles. The summed E-state index contributed by atoms with van der Waals surface area (Å²) in [5.41, 5.74) is 5.78. The Bertz CT molecular complexity index is 2060. The van der Waals surface area contributed by atoms with Gasteiger partial charge in [-0.1, -0.05) is 97.1 Å². The van der Waals surface area contributed by atoms with Crippen molar-refractivity contribution in [2.45, 2.75) is 0 Å². The first-order valence-corrected chi connectivity index (χ1v) is 17.4. The van der Waals surface area contributed by atoms with E-state index in [-0.39, 0.29) is 17.1 Å². The fourth-order valence-corrected chi connectivity index (χ4v) is 5.46. The molecule has 251 valence electrons. The molecular formula is C36H28Cl4CuN8. The van der Waals surface area contributed by atoms with Crippen LogP contribution in [0.5, 0.6) is 0 Å². The van der Waals surface area contributed by atoms with Gasteiger partial charge in [0.1, 0.15) is 0 Å². The van der Waals surface area contributed by atoms with Gasteiger partial charge in [0, 0.05) is 70.4 Å². The van der Waals surface area contributed by atoms with Gasteiger partial charge in [0.05, 0.1) is 23.3 Å². The van der Waals surface area contributed by atoms with Gasteiger partial charge in [-0.2, -0.15) is 0 Å². The number of fused-ring (bicyclic) bond motifs is 20. The van der Waals surface area contributed by atoms with Gasteiger partial charge in [-0.15, -0.1) is 46.4 Å². The maximum absolute atomic E-state index is 4.95. The first-order chi connectivity index (χ1) is 23.8. The molecule has 2 aliphatic rings. The minimum absolute atomic E-state index is 0. The van der Waals surface area contributed by atoms with Crippen LogP contribution in [0.3, 0.4) is 0 Å². The van der Waals surface area contributed by atoms with Crippen LogP contribution in [0.15, 0.2) is 97.1 Å². The maximum atomic E-state index is 4.95. The van der Waals surface area contributed by atoms with Crippen LogP contribution in [0, 0.1) is 0 Å². The molecule has 0 saturated carbocycles. The third-order valence-corrected chi connectivity index (χ3v) is 7.33. The molecule has 4 aromatic carbocycles. The predicted molar refractivity (Wildman–Crippen MR) is 201 cm³/mol. The number of benzene rings is 4. The fraction of sp³-hybridized carbons (Fsp3) is 0.111. The molecule has 0 N–H and O–H groups in total. The summed E-state index contributed by atoms with van der Waals surface area (Å²) in [4.78, 5) is 39.3. The Morgan fingerprint density at radius 1 is 0.327 bits per heavy atom. The third-order valence-electron chi connectivity index (χ3n) is 7.33. The topological polar surface area (TPSA) is 106 Å². The van der Waals surface area contributed by atoms with Crippen LogP contribution in [0.2, 0.25) is 0 Å². The van der Waals surface area contributed by atoms with E-state index in [1.54, 1.807) is 0 Å². The molecule has 0 aliphatic carbocycles. The van der Waals surface area contributed by atoms with Crippen LogP contribution in [-0.4, -0.2) is 55.4 Å². The number of rotatable bonds is 0. The average Bonchev–Trinajstić information content (AvgIpc) is 3.91. The number of alkyl halides is 4. The molecule has 7 aromatic rings. The van der Waals surface area contributed by atoms with E-state index in [9.17, 15) is 0 Å². The van der Waals surface area contributed by atoms with Crippen molar-refractivity contribution in [2.75, 3.05) is 25.5 Å². The van der Waals surface area contributed by atoms with Crippen molar-refractivity contribution in [3.63, 3.8) is 0 Å². The smallest absolute Gasteiger partial charge is 0.357 e. The molecule has 0 fully saturated rings. The van der Waals surface area contributed by atoms with Gasteiger partial charge in [0.25, 0.3) is 0 Å². The van der Waals surface area contributed by atoms with Crippen molar-refractivity contribution >= 4 is 90.5 Å². The monoisotopic (exact) mass is 775 g/mol.